The highest BCUT2D eigenvalue weighted by Gasteiger charge is 2.28. The predicted octanol–water partition coefficient (Wildman–Crippen LogP) is 13.3. The van der Waals surface area contributed by atoms with E-state index in [-0.39, 0.29) is 0 Å². The lowest BCUT2D eigenvalue weighted by Gasteiger charge is -2.34. The van der Waals surface area contributed by atoms with E-state index in [4.69, 9.17) is 4.42 Å². The van der Waals surface area contributed by atoms with Crippen molar-refractivity contribution in [3.8, 4) is 11.1 Å². The van der Waals surface area contributed by atoms with Crippen LogP contribution in [-0.2, 0) is 0 Å². The average Bonchev–Trinajstić information content (AvgIpc) is 3.54. The third-order valence-corrected chi connectivity index (χ3v) is 9.19. The summed E-state index contributed by atoms with van der Waals surface area (Å²) in [4.78, 5) is 4.78. The second-order valence-corrected chi connectivity index (χ2v) is 12.2. The maximum absolute atomic E-state index is 6.74. The second kappa shape index (κ2) is 12.2. The van der Waals surface area contributed by atoms with E-state index in [1.54, 1.807) is 0 Å². The lowest BCUT2D eigenvalue weighted by molar-refractivity contribution is 0.669. The molecule has 0 aliphatic carbocycles. The first kappa shape index (κ1) is 28.6. The van der Waals surface area contributed by atoms with Gasteiger partial charge in [-0.25, -0.2) is 0 Å². The Morgan fingerprint density at radius 2 is 0.878 bits per heavy atom. The highest BCUT2D eigenvalue weighted by molar-refractivity contribution is 6.20. The summed E-state index contributed by atoms with van der Waals surface area (Å²) in [5.74, 6) is 0. The van der Waals surface area contributed by atoms with Gasteiger partial charge in [0.25, 0.3) is 0 Å². The maximum atomic E-state index is 6.74. The van der Waals surface area contributed by atoms with Gasteiger partial charge in [-0.15, -0.1) is 0 Å². The topological polar surface area (TPSA) is 19.6 Å². The van der Waals surface area contributed by atoms with Crippen LogP contribution in [0, 0.1) is 0 Å². The summed E-state index contributed by atoms with van der Waals surface area (Å²) in [5.41, 5.74) is 10.3. The first-order chi connectivity index (χ1) is 24.3. The van der Waals surface area contributed by atoms with Gasteiger partial charge in [0.2, 0.25) is 0 Å². The van der Waals surface area contributed by atoms with Crippen LogP contribution in [0.15, 0.2) is 199 Å². The number of furan rings is 1. The lowest BCUT2D eigenvalue weighted by Crippen LogP contribution is -2.17. The summed E-state index contributed by atoms with van der Waals surface area (Å²) >= 11 is 0. The van der Waals surface area contributed by atoms with Crippen LogP contribution >= 0.6 is 0 Å². The third-order valence-electron chi connectivity index (χ3n) is 9.19. The average molecular weight is 629 g/mol. The van der Waals surface area contributed by atoms with Crippen LogP contribution in [0.4, 0.5) is 34.1 Å². The first-order valence-electron chi connectivity index (χ1n) is 16.6. The number of nitrogens with zero attached hydrogens (tertiary/aromatic N) is 2. The molecule has 1 heterocycles. The Kier molecular flexibility index (Phi) is 7.14. The molecule has 0 aliphatic rings. The highest BCUT2D eigenvalue weighted by Crippen LogP contribution is 2.52. The monoisotopic (exact) mass is 628 g/mol. The fourth-order valence-corrected chi connectivity index (χ4v) is 7.01. The maximum Gasteiger partial charge on any atom is 0.137 e. The van der Waals surface area contributed by atoms with Crippen molar-refractivity contribution < 1.29 is 4.42 Å². The minimum absolute atomic E-state index is 0.836. The number of benzene rings is 8. The Bertz CT molecular complexity index is 2500. The smallest absolute Gasteiger partial charge is 0.137 e. The van der Waals surface area contributed by atoms with E-state index in [0.29, 0.717) is 0 Å². The molecule has 0 unspecified atom stereocenters. The molecule has 3 heteroatoms. The van der Waals surface area contributed by atoms with Crippen LogP contribution in [0.2, 0.25) is 0 Å². The largest absolute Gasteiger partial charge is 0.456 e. The summed E-state index contributed by atoms with van der Waals surface area (Å²) in [6.45, 7) is 0. The lowest BCUT2D eigenvalue weighted by atomic mass is 9.99. The van der Waals surface area contributed by atoms with Gasteiger partial charge in [-0.3, -0.25) is 0 Å². The zero-order chi connectivity index (χ0) is 32.6. The molecule has 0 bridgehead atoms. The van der Waals surface area contributed by atoms with Crippen molar-refractivity contribution in [2.24, 2.45) is 0 Å². The van der Waals surface area contributed by atoms with E-state index in [1.807, 2.05) is 0 Å². The fourth-order valence-electron chi connectivity index (χ4n) is 7.01. The van der Waals surface area contributed by atoms with E-state index < -0.39 is 0 Å². The molecule has 0 spiro atoms. The van der Waals surface area contributed by atoms with Gasteiger partial charge in [-0.2, -0.15) is 0 Å². The Balaban J connectivity index is 1.45. The minimum Gasteiger partial charge on any atom is -0.456 e. The summed E-state index contributed by atoms with van der Waals surface area (Å²) < 4.78 is 6.74. The quantitative estimate of drug-likeness (QED) is 0.175. The van der Waals surface area contributed by atoms with Crippen LogP contribution in [0.3, 0.4) is 0 Å². The van der Waals surface area contributed by atoms with E-state index in [0.717, 1.165) is 72.6 Å². The molecule has 0 aliphatic heterocycles. The molecular weight excluding hydrogens is 597 g/mol. The molecule has 0 fully saturated rings. The number of anilines is 6. The van der Waals surface area contributed by atoms with Crippen molar-refractivity contribution in [3.05, 3.63) is 194 Å². The molecule has 0 N–H and O–H groups in total. The molecule has 49 heavy (non-hydrogen) atoms. The molecule has 0 atom stereocenters. The van der Waals surface area contributed by atoms with Crippen molar-refractivity contribution in [3.63, 3.8) is 0 Å². The Hall–Kier alpha value is -6.58. The third kappa shape index (κ3) is 5.09. The Morgan fingerprint density at radius 1 is 0.367 bits per heavy atom. The second-order valence-electron chi connectivity index (χ2n) is 12.2. The Morgan fingerprint density at radius 3 is 1.51 bits per heavy atom. The summed E-state index contributed by atoms with van der Waals surface area (Å²) in [6, 6.07) is 68.5. The molecular formula is C46H32N2O. The molecule has 0 saturated heterocycles. The molecule has 0 saturated carbocycles. The van der Waals surface area contributed by atoms with Crippen molar-refractivity contribution in [1.82, 2.24) is 0 Å². The van der Waals surface area contributed by atoms with Crippen LogP contribution in [-0.4, -0.2) is 0 Å². The van der Waals surface area contributed by atoms with Gasteiger partial charge in [-0.1, -0.05) is 127 Å². The normalized spacial score (nSPS) is 11.3. The van der Waals surface area contributed by atoms with E-state index in [9.17, 15) is 0 Å². The van der Waals surface area contributed by atoms with Crippen LogP contribution < -0.4 is 9.80 Å². The van der Waals surface area contributed by atoms with E-state index >= 15 is 0 Å². The zero-order valence-corrected chi connectivity index (χ0v) is 26.8. The minimum atomic E-state index is 0.836. The van der Waals surface area contributed by atoms with Crippen LogP contribution in [0.5, 0.6) is 0 Å². The molecule has 0 radical (unpaired) electrons. The summed E-state index contributed by atoms with van der Waals surface area (Å²) in [7, 11) is 0. The van der Waals surface area contributed by atoms with Crippen molar-refractivity contribution in [2.75, 3.05) is 9.80 Å². The zero-order valence-electron chi connectivity index (χ0n) is 26.8. The molecule has 1 aromatic heterocycles. The number of rotatable bonds is 7. The van der Waals surface area contributed by atoms with Gasteiger partial charge < -0.3 is 14.2 Å². The molecule has 232 valence electrons. The number of para-hydroxylation sites is 4. The van der Waals surface area contributed by atoms with Crippen molar-refractivity contribution in [2.45, 2.75) is 0 Å². The van der Waals surface area contributed by atoms with Crippen LogP contribution in [0.25, 0.3) is 43.8 Å². The van der Waals surface area contributed by atoms with Gasteiger partial charge >= 0.3 is 0 Å². The van der Waals surface area contributed by atoms with Gasteiger partial charge in [-0.05, 0) is 83.1 Å². The summed E-state index contributed by atoms with van der Waals surface area (Å²) in [6.07, 6.45) is 0. The van der Waals surface area contributed by atoms with Gasteiger partial charge in [0.05, 0.1) is 22.4 Å². The van der Waals surface area contributed by atoms with Crippen molar-refractivity contribution in [1.29, 1.82) is 0 Å². The van der Waals surface area contributed by atoms with E-state index in [1.165, 1.54) is 5.39 Å². The number of hydrogen-bond donors (Lipinski definition) is 0. The molecule has 3 nitrogen and oxygen atoms in total. The van der Waals surface area contributed by atoms with Gasteiger partial charge in [0.15, 0.2) is 0 Å². The molecule has 8 aromatic carbocycles. The van der Waals surface area contributed by atoms with Gasteiger partial charge in [0, 0.05) is 28.0 Å². The standard InChI is InChI=1S/C46H32N2O/c1-5-17-33(18-6-1)39-27-15-16-28-41(39)48(38-25-11-4-12-26-38)46-42(47(36-21-7-2-8-22-36)37-23-9-3-10-24-37)29-30-43-45(46)40-31-34-19-13-14-20-35(34)32-44(40)49-43/h1-32H. The van der Waals surface area contributed by atoms with Gasteiger partial charge in [0.1, 0.15) is 11.2 Å². The molecule has 9 aromatic rings. The first-order valence-corrected chi connectivity index (χ1v) is 16.6. The SMILES string of the molecule is c1ccc(-c2ccccc2N(c2ccccc2)c2c(N(c3ccccc3)c3ccccc3)ccc3oc4cc5ccccc5cc4c23)cc1. The molecule has 0 amide bonds. The van der Waals surface area contributed by atoms with Crippen LogP contribution in [0.1, 0.15) is 0 Å². The highest BCUT2D eigenvalue weighted by atomic mass is 16.3. The number of fused-ring (bicyclic) bond motifs is 4. The predicted molar refractivity (Wildman–Crippen MR) is 206 cm³/mol. The number of hydrogen-bond acceptors (Lipinski definition) is 3. The summed E-state index contributed by atoms with van der Waals surface area (Å²) in [5, 5.41) is 4.46. The van der Waals surface area contributed by atoms with E-state index in [2.05, 4.69) is 204 Å². The molecule has 9 rings (SSSR count). The van der Waals surface area contributed by atoms with Crippen molar-refractivity contribution >= 4 is 66.8 Å². The fraction of sp³-hybridized carbons (Fsp3) is 0. The Labute approximate surface area is 285 Å².